The van der Waals surface area contributed by atoms with Crippen LogP contribution in [0, 0.1) is 0 Å². The number of nitrogens with zero attached hydrogens (tertiary/aromatic N) is 3. The zero-order valence-corrected chi connectivity index (χ0v) is 4.91. The highest BCUT2D eigenvalue weighted by Crippen LogP contribution is 2.12. The SMILES string of the molecule is C1=NCCC2=C1[N]N=C2. The Hall–Kier alpha value is -1.12. The van der Waals surface area contributed by atoms with Crippen LogP contribution in [0.25, 0.3) is 0 Å². The van der Waals surface area contributed by atoms with E-state index in [2.05, 4.69) is 15.5 Å². The molecule has 3 nitrogen and oxygen atoms in total. The molecular formula is C6H6N3. The molecule has 0 spiro atoms. The summed E-state index contributed by atoms with van der Waals surface area (Å²) in [6.07, 6.45) is 4.59. The number of aliphatic imine (C=N–C) groups is 1. The standard InChI is InChI=1S/C6H6N3/c1-2-7-4-6-5(1)3-8-9-6/h3-4H,1-2H2. The second-order valence-corrected chi connectivity index (χ2v) is 2.04. The maximum Gasteiger partial charge on any atom is 0.108 e. The van der Waals surface area contributed by atoms with Crippen LogP contribution in [-0.4, -0.2) is 19.0 Å². The predicted molar refractivity (Wildman–Crippen MR) is 35.6 cm³/mol. The van der Waals surface area contributed by atoms with Crippen molar-refractivity contribution in [1.82, 2.24) is 5.43 Å². The van der Waals surface area contributed by atoms with Gasteiger partial charge in [-0.05, 0) is 6.42 Å². The van der Waals surface area contributed by atoms with Crippen molar-refractivity contribution < 1.29 is 0 Å². The normalized spacial score (nSPS) is 22.2. The molecule has 9 heavy (non-hydrogen) atoms. The highest BCUT2D eigenvalue weighted by Gasteiger charge is 2.11. The summed E-state index contributed by atoms with van der Waals surface area (Å²) in [5, 5.41) is 3.76. The van der Waals surface area contributed by atoms with Crippen molar-refractivity contribution in [2.75, 3.05) is 6.54 Å². The lowest BCUT2D eigenvalue weighted by molar-refractivity contribution is 0.901. The van der Waals surface area contributed by atoms with Gasteiger partial charge in [0, 0.05) is 18.3 Å². The number of dihydropyridines is 1. The minimum Gasteiger partial charge on any atom is -0.291 e. The number of hydrogen-bond donors (Lipinski definition) is 0. The van der Waals surface area contributed by atoms with E-state index in [0.717, 1.165) is 18.7 Å². The molecule has 3 heteroatoms. The minimum absolute atomic E-state index is 0.889. The molecule has 0 unspecified atom stereocenters. The molecule has 0 amide bonds. The molecule has 0 saturated heterocycles. The van der Waals surface area contributed by atoms with E-state index in [0.29, 0.717) is 0 Å². The Kier molecular flexibility index (Phi) is 0.886. The minimum atomic E-state index is 0.889. The van der Waals surface area contributed by atoms with Crippen molar-refractivity contribution in [2.45, 2.75) is 6.42 Å². The van der Waals surface area contributed by atoms with Crippen LogP contribution in [0.15, 0.2) is 21.4 Å². The fourth-order valence-corrected chi connectivity index (χ4v) is 0.928. The summed E-state index contributed by atoms with van der Waals surface area (Å²) in [4.78, 5) is 4.06. The molecule has 1 radical (unpaired) electrons. The Balaban J connectivity index is 2.35. The van der Waals surface area contributed by atoms with Gasteiger partial charge in [-0.1, -0.05) is 0 Å². The third-order valence-electron chi connectivity index (χ3n) is 1.43. The quantitative estimate of drug-likeness (QED) is 0.441. The van der Waals surface area contributed by atoms with Crippen LogP contribution in [-0.2, 0) is 0 Å². The molecule has 2 heterocycles. The van der Waals surface area contributed by atoms with E-state index in [-0.39, 0.29) is 0 Å². The summed E-state index contributed by atoms with van der Waals surface area (Å²) in [5.74, 6) is 0. The summed E-state index contributed by atoms with van der Waals surface area (Å²) < 4.78 is 0. The van der Waals surface area contributed by atoms with Crippen LogP contribution in [0.1, 0.15) is 6.42 Å². The number of allylic oxidation sites excluding steroid dienone is 1. The monoisotopic (exact) mass is 120 g/mol. The van der Waals surface area contributed by atoms with Crippen molar-refractivity contribution in [3.05, 3.63) is 11.3 Å². The van der Waals surface area contributed by atoms with Gasteiger partial charge in [0.25, 0.3) is 0 Å². The molecule has 0 aromatic rings. The van der Waals surface area contributed by atoms with Crippen molar-refractivity contribution in [3.8, 4) is 0 Å². The number of hydrogen-bond acceptors (Lipinski definition) is 2. The van der Waals surface area contributed by atoms with Crippen LogP contribution in [0.4, 0.5) is 0 Å². The van der Waals surface area contributed by atoms with Gasteiger partial charge in [-0.15, -0.1) is 5.43 Å². The molecule has 0 bridgehead atoms. The lowest BCUT2D eigenvalue weighted by atomic mass is 10.1. The molecule has 0 atom stereocenters. The molecule has 2 rings (SSSR count). The van der Waals surface area contributed by atoms with E-state index in [4.69, 9.17) is 0 Å². The van der Waals surface area contributed by atoms with Crippen LogP contribution < -0.4 is 5.43 Å². The smallest absolute Gasteiger partial charge is 0.108 e. The van der Waals surface area contributed by atoms with Crippen molar-refractivity contribution in [3.63, 3.8) is 0 Å². The van der Waals surface area contributed by atoms with Gasteiger partial charge >= 0.3 is 0 Å². The zero-order chi connectivity index (χ0) is 6.10. The first-order chi connectivity index (χ1) is 4.47. The van der Waals surface area contributed by atoms with Crippen molar-refractivity contribution in [1.29, 1.82) is 0 Å². The second-order valence-electron chi connectivity index (χ2n) is 2.04. The average Bonchev–Trinajstić information content (AvgIpc) is 2.33. The zero-order valence-electron chi connectivity index (χ0n) is 4.91. The van der Waals surface area contributed by atoms with Crippen LogP contribution in [0.2, 0.25) is 0 Å². The molecule has 2 aliphatic heterocycles. The summed E-state index contributed by atoms with van der Waals surface area (Å²) in [6.45, 7) is 0.889. The Morgan fingerprint density at radius 3 is 3.22 bits per heavy atom. The molecule has 0 saturated carbocycles. The fourth-order valence-electron chi connectivity index (χ4n) is 0.928. The summed E-state index contributed by atoms with van der Waals surface area (Å²) >= 11 is 0. The Morgan fingerprint density at radius 1 is 1.33 bits per heavy atom. The van der Waals surface area contributed by atoms with Gasteiger partial charge in [0.2, 0.25) is 0 Å². The summed E-state index contributed by atoms with van der Waals surface area (Å²) in [6, 6.07) is 0. The first kappa shape index (κ1) is 4.73. The van der Waals surface area contributed by atoms with Gasteiger partial charge in [-0.3, -0.25) is 4.99 Å². The highest BCUT2D eigenvalue weighted by molar-refractivity contribution is 5.94. The third-order valence-corrected chi connectivity index (χ3v) is 1.43. The maximum absolute atomic E-state index is 4.06. The van der Waals surface area contributed by atoms with E-state index in [1.54, 1.807) is 12.4 Å². The first-order valence-electron chi connectivity index (χ1n) is 2.94. The Labute approximate surface area is 53.2 Å². The van der Waals surface area contributed by atoms with Gasteiger partial charge in [0.15, 0.2) is 0 Å². The molecule has 0 N–H and O–H groups in total. The molecule has 0 aliphatic carbocycles. The van der Waals surface area contributed by atoms with Gasteiger partial charge in [-0.25, -0.2) is 0 Å². The van der Waals surface area contributed by atoms with Gasteiger partial charge in [-0.2, -0.15) is 5.10 Å². The van der Waals surface area contributed by atoms with E-state index < -0.39 is 0 Å². The molecule has 0 aromatic carbocycles. The summed E-state index contributed by atoms with van der Waals surface area (Å²) in [7, 11) is 0. The Bertz CT molecular complexity index is 212. The van der Waals surface area contributed by atoms with Crippen molar-refractivity contribution >= 4 is 12.4 Å². The van der Waals surface area contributed by atoms with Crippen LogP contribution >= 0.6 is 0 Å². The second kappa shape index (κ2) is 1.69. The topological polar surface area (TPSA) is 38.8 Å². The third kappa shape index (κ3) is 0.650. The van der Waals surface area contributed by atoms with Gasteiger partial charge in [0.1, 0.15) is 5.70 Å². The lowest BCUT2D eigenvalue weighted by Gasteiger charge is -2.01. The highest BCUT2D eigenvalue weighted by atomic mass is 15.3. The molecular weight excluding hydrogens is 114 g/mol. The lowest BCUT2D eigenvalue weighted by Crippen LogP contribution is -2.02. The predicted octanol–water partition coefficient (Wildman–Crippen LogP) is 0.319. The largest absolute Gasteiger partial charge is 0.291 e. The van der Waals surface area contributed by atoms with Crippen LogP contribution in [0.5, 0.6) is 0 Å². The molecule has 0 aromatic heterocycles. The first-order valence-corrected chi connectivity index (χ1v) is 2.94. The number of rotatable bonds is 0. The van der Waals surface area contributed by atoms with E-state index in [1.165, 1.54) is 5.57 Å². The fraction of sp³-hybridized carbons (Fsp3) is 0.333. The van der Waals surface area contributed by atoms with Gasteiger partial charge in [0.05, 0.1) is 6.21 Å². The van der Waals surface area contributed by atoms with Crippen molar-refractivity contribution in [2.24, 2.45) is 10.1 Å². The van der Waals surface area contributed by atoms with E-state index >= 15 is 0 Å². The average molecular weight is 120 g/mol. The summed E-state index contributed by atoms with van der Waals surface area (Å²) in [5.41, 5.74) is 6.03. The van der Waals surface area contributed by atoms with E-state index in [1.807, 2.05) is 0 Å². The van der Waals surface area contributed by atoms with Gasteiger partial charge < -0.3 is 0 Å². The van der Waals surface area contributed by atoms with E-state index in [9.17, 15) is 0 Å². The molecule has 2 aliphatic rings. The Morgan fingerprint density at radius 2 is 2.33 bits per heavy atom. The molecule has 45 valence electrons. The maximum atomic E-state index is 4.06. The van der Waals surface area contributed by atoms with Crippen LogP contribution in [0.3, 0.4) is 0 Å². The molecule has 0 fully saturated rings.